The van der Waals surface area contributed by atoms with Crippen molar-refractivity contribution in [3.63, 3.8) is 0 Å². The van der Waals surface area contributed by atoms with Gasteiger partial charge < -0.3 is 20.4 Å². The van der Waals surface area contributed by atoms with Gasteiger partial charge in [-0.25, -0.2) is 0 Å². The number of hydrogen-bond acceptors (Lipinski definition) is 4. The molecule has 2 N–H and O–H groups in total. The third-order valence-electron chi connectivity index (χ3n) is 7.02. The van der Waals surface area contributed by atoms with Crippen molar-refractivity contribution in [2.45, 2.75) is 78.2 Å². The van der Waals surface area contributed by atoms with E-state index in [1.807, 2.05) is 51.1 Å². The first-order chi connectivity index (χ1) is 19.6. The SMILES string of the molecule is CCCCCCCNC(=O)CN1CCCCN(CC(=O)NC(C)(C)C)C(=O)c2cccc(c2)-c2cccc(c2)C1=O. The van der Waals surface area contributed by atoms with E-state index in [4.69, 9.17) is 0 Å². The van der Waals surface area contributed by atoms with Crippen LogP contribution in [0.2, 0.25) is 0 Å². The van der Waals surface area contributed by atoms with Gasteiger partial charge in [-0.3, -0.25) is 19.2 Å². The Morgan fingerprint density at radius 3 is 1.73 bits per heavy atom. The van der Waals surface area contributed by atoms with E-state index in [0.29, 0.717) is 43.6 Å². The fourth-order valence-corrected chi connectivity index (χ4v) is 4.96. The van der Waals surface area contributed by atoms with E-state index in [1.54, 1.807) is 28.0 Å². The average Bonchev–Trinajstić information content (AvgIpc) is 2.93. The second kappa shape index (κ2) is 15.4. The van der Waals surface area contributed by atoms with Crippen molar-refractivity contribution in [3.05, 3.63) is 59.7 Å². The molecule has 1 heterocycles. The van der Waals surface area contributed by atoms with E-state index in [9.17, 15) is 19.2 Å². The quantitative estimate of drug-likeness (QED) is 0.397. The molecule has 0 aliphatic carbocycles. The number of hydrogen-bond donors (Lipinski definition) is 2. The smallest absolute Gasteiger partial charge is 0.254 e. The number of rotatable bonds is 10. The van der Waals surface area contributed by atoms with Gasteiger partial charge in [-0.1, -0.05) is 56.9 Å². The van der Waals surface area contributed by atoms with Crippen LogP contribution in [0, 0.1) is 0 Å². The Morgan fingerprint density at radius 1 is 0.732 bits per heavy atom. The Morgan fingerprint density at radius 2 is 1.22 bits per heavy atom. The number of carbonyl (C=O) groups is 4. The maximum atomic E-state index is 13.6. The summed E-state index contributed by atoms with van der Waals surface area (Å²) in [7, 11) is 0. The molecule has 0 atom stereocenters. The molecule has 3 rings (SSSR count). The molecule has 1 aliphatic heterocycles. The molecule has 4 amide bonds. The molecule has 8 heteroatoms. The zero-order valence-corrected chi connectivity index (χ0v) is 25.1. The van der Waals surface area contributed by atoms with Crippen molar-refractivity contribution in [2.24, 2.45) is 0 Å². The number of amides is 4. The number of unbranched alkanes of at least 4 members (excludes halogenated alkanes) is 4. The molecule has 0 fully saturated rings. The summed E-state index contributed by atoms with van der Waals surface area (Å²) in [6.45, 7) is 9.13. The van der Waals surface area contributed by atoms with Crippen molar-refractivity contribution < 1.29 is 19.2 Å². The van der Waals surface area contributed by atoms with Gasteiger partial charge in [0.15, 0.2) is 0 Å². The molecule has 0 saturated carbocycles. The summed E-state index contributed by atoms with van der Waals surface area (Å²) in [5.41, 5.74) is 2.19. The summed E-state index contributed by atoms with van der Waals surface area (Å²) >= 11 is 0. The zero-order valence-electron chi connectivity index (χ0n) is 25.1. The predicted octanol–water partition coefficient (Wildman–Crippen LogP) is 5.03. The highest BCUT2D eigenvalue weighted by molar-refractivity contribution is 5.99. The van der Waals surface area contributed by atoms with Crippen molar-refractivity contribution >= 4 is 23.6 Å². The van der Waals surface area contributed by atoms with E-state index in [0.717, 1.165) is 30.4 Å². The Labute approximate surface area is 244 Å². The first kappa shape index (κ1) is 31.8. The fraction of sp³-hybridized carbons (Fsp3) is 0.515. The van der Waals surface area contributed by atoms with Crippen LogP contribution in [0.4, 0.5) is 0 Å². The molecule has 2 aromatic rings. The molecule has 0 aromatic heterocycles. The second-order valence-corrected chi connectivity index (χ2v) is 11.9. The largest absolute Gasteiger partial charge is 0.355 e. The molecule has 0 unspecified atom stereocenters. The molecule has 41 heavy (non-hydrogen) atoms. The van der Waals surface area contributed by atoms with E-state index < -0.39 is 5.54 Å². The summed E-state index contributed by atoms with van der Waals surface area (Å²) in [5.74, 6) is -0.806. The Kier molecular flexibility index (Phi) is 11.9. The normalized spacial score (nSPS) is 14.4. The maximum Gasteiger partial charge on any atom is 0.254 e. The third kappa shape index (κ3) is 10.3. The topological polar surface area (TPSA) is 98.8 Å². The van der Waals surface area contributed by atoms with Crippen LogP contribution in [0.3, 0.4) is 0 Å². The minimum Gasteiger partial charge on any atom is -0.355 e. The molecular weight excluding hydrogens is 516 g/mol. The number of nitrogens with zero attached hydrogens (tertiary/aromatic N) is 2. The van der Waals surface area contributed by atoms with Gasteiger partial charge in [0.2, 0.25) is 11.8 Å². The Balaban J connectivity index is 1.82. The minimum absolute atomic E-state index is 0.0237. The summed E-state index contributed by atoms with van der Waals surface area (Å²) in [5, 5.41) is 5.90. The first-order valence-corrected chi connectivity index (χ1v) is 14.9. The first-order valence-electron chi connectivity index (χ1n) is 14.9. The lowest BCUT2D eigenvalue weighted by molar-refractivity contribution is -0.123. The van der Waals surface area contributed by atoms with Crippen LogP contribution in [-0.2, 0) is 9.59 Å². The summed E-state index contributed by atoms with van der Waals surface area (Å²) in [4.78, 5) is 55.9. The van der Waals surface area contributed by atoms with Crippen LogP contribution in [0.25, 0.3) is 11.1 Å². The van der Waals surface area contributed by atoms with Gasteiger partial charge in [0.05, 0.1) is 13.1 Å². The van der Waals surface area contributed by atoms with Crippen molar-refractivity contribution in [2.75, 3.05) is 32.7 Å². The zero-order chi connectivity index (χ0) is 29.8. The number of benzene rings is 2. The molecule has 0 radical (unpaired) electrons. The van der Waals surface area contributed by atoms with Gasteiger partial charge in [-0.2, -0.15) is 0 Å². The van der Waals surface area contributed by atoms with Crippen molar-refractivity contribution in [1.29, 1.82) is 0 Å². The number of carbonyl (C=O) groups excluding carboxylic acids is 4. The molecule has 4 bridgehead atoms. The van der Waals surface area contributed by atoms with Gasteiger partial charge in [0, 0.05) is 36.3 Å². The van der Waals surface area contributed by atoms with Crippen molar-refractivity contribution in [3.8, 4) is 11.1 Å². The number of fused-ring (bicyclic) bond motifs is 5. The van der Waals surface area contributed by atoms with Gasteiger partial charge in [0.25, 0.3) is 11.8 Å². The summed E-state index contributed by atoms with van der Waals surface area (Å²) < 4.78 is 0. The maximum absolute atomic E-state index is 13.6. The molecule has 0 saturated heterocycles. The van der Waals surface area contributed by atoms with Crippen LogP contribution >= 0.6 is 0 Å². The van der Waals surface area contributed by atoms with Crippen LogP contribution < -0.4 is 10.6 Å². The molecule has 222 valence electrons. The Bertz CT molecular complexity index is 1200. The Hall–Kier alpha value is -3.68. The van der Waals surface area contributed by atoms with E-state index in [2.05, 4.69) is 17.6 Å². The van der Waals surface area contributed by atoms with E-state index >= 15 is 0 Å². The predicted molar refractivity (Wildman–Crippen MR) is 163 cm³/mol. The molecule has 2 aromatic carbocycles. The monoisotopic (exact) mass is 562 g/mol. The van der Waals surface area contributed by atoms with E-state index in [1.165, 1.54) is 12.8 Å². The summed E-state index contributed by atoms with van der Waals surface area (Å²) in [6.07, 6.45) is 6.70. The minimum atomic E-state index is -0.412. The van der Waals surface area contributed by atoms with Crippen LogP contribution in [0.5, 0.6) is 0 Å². The standard InChI is InChI=1S/C33H46N4O4/c1-5-6-7-8-9-18-34-29(38)23-36-19-10-11-20-37(24-30(39)35-33(2,3)4)32(41)28-17-13-15-26(22-28)25-14-12-16-27(21-25)31(36)40/h12-17,21-22H,5-11,18-20,23-24H2,1-4H3,(H,34,38)(H,35,39). The lowest BCUT2D eigenvalue weighted by Gasteiger charge is -2.27. The van der Waals surface area contributed by atoms with Gasteiger partial charge in [-0.05, 0) is 75.4 Å². The van der Waals surface area contributed by atoms with Gasteiger partial charge in [0.1, 0.15) is 0 Å². The van der Waals surface area contributed by atoms with Gasteiger partial charge in [-0.15, -0.1) is 0 Å². The number of nitrogens with one attached hydrogen (secondary N) is 2. The van der Waals surface area contributed by atoms with Crippen molar-refractivity contribution in [1.82, 2.24) is 20.4 Å². The van der Waals surface area contributed by atoms with Crippen LogP contribution in [0.15, 0.2) is 48.5 Å². The molecular formula is C33H46N4O4. The summed E-state index contributed by atoms with van der Waals surface area (Å²) in [6, 6.07) is 14.6. The highest BCUT2D eigenvalue weighted by Gasteiger charge is 2.24. The average molecular weight is 563 g/mol. The fourth-order valence-electron chi connectivity index (χ4n) is 4.96. The van der Waals surface area contributed by atoms with Gasteiger partial charge >= 0.3 is 0 Å². The lowest BCUT2D eigenvalue weighted by Crippen LogP contribution is -2.47. The third-order valence-corrected chi connectivity index (χ3v) is 7.02. The lowest BCUT2D eigenvalue weighted by atomic mass is 9.99. The van der Waals surface area contributed by atoms with E-state index in [-0.39, 0.29) is 36.7 Å². The highest BCUT2D eigenvalue weighted by Crippen LogP contribution is 2.24. The van der Waals surface area contributed by atoms with Crippen LogP contribution in [0.1, 0.15) is 93.4 Å². The molecule has 8 nitrogen and oxygen atoms in total. The second-order valence-electron chi connectivity index (χ2n) is 11.9. The highest BCUT2D eigenvalue weighted by atomic mass is 16.2. The molecule has 0 spiro atoms. The van der Waals surface area contributed by atoms with Crippen LogP contribution in [-0.4, -0.2) is 71.7 Å². The molecule has 1 aliphatic rings.